The molecule has 0 atom stereocenters. The molecule has 3 rings (SSSR count). The van der Waals surface area contributed by atoms with Gasteiger partial charge in [0.2, 0.25) is 0 Å². The first-order chi connectivity index (χ1) is 9.54. The first kappa shape index (κ1) is 12.3. The Hall–Kier alpha value is -2.72. The zero-order chi connectivity index (χ0) is 14.2. The highest BCUT2D eigenvalue weighted by molar-refractivity contribution is 5.67. The van der Waals surface area contributed by atoms with Gasteiger partial charge in [0, 0.05) is 18.5 Å². The third kappa shape index (κ3) is 2.24. The van der Waals surface area contributed by atoms with Crippen molar-refractivity contribution < 1.29 is 13.2 Å². The molecule has 104 valence electrons. The maximum absolute atomic E-state index is 12.6. The molecule has 3 aromatic heterocycles. The van der Waals surface area contributed by atoms with E-state index in [1.807, 2.05) is 0 Å². The number of alkyl halides is 3. The van der Waals surface area contributed by atoms with Gasteiger partial charge in [-0.05, 0) is 0 Å². The molecule has 0 fully saturated rings. The van der Waals surface area contributed by atoms with Crippen LogP contribution in [0.15, 0.2) is 18.5 Å². The lowest BCUT2D eigenvalue weighted by Crippen LogP contribution is -2.06. The van der Waals surface area contributed by atoms with Crippen molar-refractivity contribution in [1.29, 1.82) is 0 Å². The molecule has 0 saturated carbocycles. The minimum absolute atomic E-state index is 0.176. The van der Waals surface area contributed by atoms with Gasteiger partial charge in [-0.1, -0.05) is 5.21 Å². The molecular formula is C9H7F3N8. The third-order valence-electron chi connectivity index (χ3n) is 2.48. The summed E-state index contributed by atoms with van der Waals surface area (Å²) in [7, 11) is 0. The molecule has 0 saturated heterocycles. The quantitative estimate of drug-likeness (QED) is 0.741. The Labute approximate surface area is 109 Å². The molecule has 3 heterocycles. The topological polar surface area (TPSA) is 96.7 Å². The van der Waals surface area contributed by atoms with E-state index in [0.29, 0.717) is 5.82 Å². The summed E-state index contributed by atoms with van der Waals surface area (Å²) in [5, 5.41) is 19.4. The molecule has 0 aliphatic rings. The van der Waals surface area contributed by atoms with E-state index in [-0.39, 0.29) is 17.9 Å². The molecule has 8 nitrogen and oxygen atoms in total. The monoisotopic (exact) mass is 284 g/mol. The molecule has 0 aliphatic carbocycles. The fraction of sp³-hybridized carbons (Fsp3) is 0.222. The van der Waals surface area contributed by atoms with Crippen molar-refractivity contribution in [2.24, 2.45) is 0 Å². The van der Waals surface area contributed by atoms with E-state index in [9.17, 15) is 13.2 Å². The van der Waals surface area contributed by atoms with Crippen molar-refractivity contribution in [2.45, 2.75) is 12.7 Å². The molecule has 0 bridgehead atoms. The minimum Gasteiger partial charge on any atom is -0.361 e. The van der Waals surface area contributed by atoms with E-state index < -0.39 is 11.9 Å². The molecule has 3 aromatic rings. The number of aromatic nitrogens is 7. The number of rotatable bonds is 3. The van der Waals surface area contributed by atoms with Crippen molar-refractivity contribution in [1.82, 2.24) is 35.2 Å². The average molecular weight is 284 g/mol. The predicted molar refractivity (Wildman–Crippen MR) is 59.5 cm³/mol. The molecule has 20 heavy (non-hydrogen) atoms. The van der Waals surface area contributed by atoms with Gasteiger partial charge in [-0.2, -0.15) is 23.5 Å². The second-order valence-electron chi connectivity index (χ2n) is 3.81. The van der Waals surface area contributed by atoms with Crippen LogP contribution in [-0.4, -0.2) is 35.2 Å². The Morgan fingerprint density at radius 2 is 2.20 bits per heavy atom. The summed E-state index contributed by atoms with van der Waals surface area (Å²) in [6.45, 7) is 0.176. The average Bonchev–Trinajstić information content (AvgIpc) is 3.04. The van der Waals surface area contributed by atoms with Gasteiger partial charge in [0.05, 0.1) is 6.54 Å². The normalized spacial score (nSPS) is 11.9. The summed E-state index contributed by atoms with van der Waals surface area (Å²) in [5.41, 5.74) is -0.767. The van der Waals surface area contributed by atoms with Crippen LogP contribution < -0.4 is 5.32 Å². The number of hydrogen-bond donors (Lipinski definition) is 2. The number of aromatic amines is 1. The van der Waals surface area contributed by atoms with Gasteiger partial charge in [-0.3, -0.25) is 0 Å². The van der Waals surface area contributed by atoms with Gasteiger partial charge in [-0.25, -0.2) is 9.50 Å². The van der Waals surface area contributed by atoms with E-state index in [1.165, 1.54) is 12.4 Å². The van der Waals surface area contributed by atoms with E-state index in [0.717, 1.165) is 10.6 Å². The Bertz CT molecular complexity index is 716. The highest BCUT2D eigenvalue weighted by Crippen LogP contribution is 2.30. The Kier molecular flexibility index (Phi) is 2.73. The molecule has 0 aromatic carbocycles. The van der Waals surface area contributed by atoms with E-state index in [4.69, 9.17) is 0 Å². The minimum atomic E-state index is -4.50. The zero-order valence-corrected chi connectivity index (χ0v) is 9.76. The number of fused-ring (bicyclic) bond motifs is 1. The van der Waals surface area contributed by atoms with Gasteiger partial charge in [0.25, 0.3) is 0 Å². The number of H-pyrrole nitrogens is 1. The number of hydrogen-bond acceptors (Lipinski definition) is 6. The molecule has 0 radical (unpaired) electrons. The van der Waals surface area contributed by atoms with Crippen molar-refractivity contribution in [2.75, 3.05) is 5.32 Å². The van der Waals surface area contributed by atoms with E-state index in [2.05, 4.69) is 36.0 Å². The Morgan fingerprint density at radius 1 is 1.35 bits per heavy atom. The lowest BCUT2D eigenvalue weighted by atomic mass is 10.3. The molecule has 11 heteroatoms. The number of tetrazole rings is 1. The van der Waals surface area contributed by atoms with Gasteiger partial charge < -0.3 is 5.32 Å². The van der Waals surface area contributed by atoms with Crippen LogP contribution in [0.3, 0.4) is 0 Å². The lowest BCUT2D eigenvalue weighted by Gasteiger charge is -2.03. The lowest BCUT2D eigenvalue weighted by molar-refractivity contribution is -0.141. The SMILES string of the molecule is FC(F)(F)c1cc2c(NCc3nn[nH]n3)nccn2n1. The number of halogens is 3. The number of anilines is 1. The Balaban J connectivity index is 1.92. The molecule has 0 spiro atoms. The zero-order valence-electron chi connectivity index (χ0n) is 9.76. The Morgan fingerprint density at radius 3 is 2.90 bits per heavy atom. The molecule has 2 N–H and O–H groups in total. The molecular weight excluding hydrogens is 277 g/mol. The van der Waals surface area contributed by atoms with Gasteiger partial charge in [-0.15, -0.1) is 10.2 Å². The van der Waals surface area contributed by atoms with Crippen LogP contribution in [0.4, 0.5) is 19.0 Å². The summed E-state index contributed by atoms with van der Waals surface area (Å²) in [4.78, 5) is 3.98. The number of nitrogens with zero attached hydrogens (tertiary/aromatic N) is 6. The van der Waals surface area contributed by atoms with E-state index in [1.54, 1.807) is 0 Å². The maximum atomic E-state index is 12.6. The van der Waals surface area contributed by atoms with Crippen LogP contribution in [0, 0.1) is 0 Å². The fourth-order valence-electron chi connectivity index (χ4n) is 1.62. The number of nitrogens with one attached hydrogen (secondary N) is 2. The first-order valence-electron chi connectivity index (χ1n) is 5.42. The fourth-order valence-corrected chi connectivity index (χ4v) is 1.62. The molecule has 0 aliphatic heterocycles. The third-order valence-corrected chi connectivity index (χ3v) is 2.48. The van der Waals surface area contributed by atoms with Crippen molar-refractivity contribution in [3.8, 4) is 0 Å². The van der Waals surface area contributed by atoms with Crippen LogP contribution in [0.2, 0.25) is 0 Å². The summed E-state index contributed by atoms with van der Waals surface area (Å²) in [5.74, 6) is 0.615. The van der Waals surface area contributed by atoms with Crippen molar-refractivity contribution in [3.05, 3.63) is 30.0 Å². The largest absolute Gasteiger partial charge is 0.435 e. The van der Waals surface area contributed by atoms with Gasteiger partial charge in [0.1, 0.15) is 5.52 Å². The highest BCUT2D eigenvalue weighted by atomic mass is 19.4. The standard InChI is InChI=1S/C9H7F3N8/c10-9(11,12)6-3-5-8(13-1-2-20(5)17-6)14-4-7-15-18-19-16-7/h1-3H,4H2,(H,13,14)(H,15,16,18,19). The van der Waals surface area contributed by atoms with Crippen LogP contribution in [0.25, 0.3) is 5.52 Å². The van der Waals surface area contributed by atoms with Crippen molar-refractivity contribution in [3.63, 3.8) is 0 Å². The van der Waals surface area contributed by atoms with E-state index >= 15 is 0 Å². The smallest absolute Gasteiger partial charge is 0.361 e. The second-order valence-corrected chi connectivity index (χ2v) is 3.81. The second kappa shape index (κ2) is 4.43. The van der Waals surface area contributed by atoms with Gasteiger partial charge in [0.15, 0.2) is 17.3 Å². The summed E-state index contributed by atoms with van der Waals surface area (Å²) >= 11 is 0. The van der Waals surface area contributed by atoms with Gasteiger partial charge >= 0.3 is 6.18 Å². The highest BCUT2D eigenvalue weighted by Gasteiger charge is 2.34. The van der Waals surface area contributed by atoms with Crippen LogP contribution >= 0.6 is 0 Å². The maximum Gasteiger partial charge on any atom is 0.435 e. The molecule has 0 unspecified atom stereocenters. The summed E-state index contributed by atoms with van der Waals surface area (Å²) in [6, 6.07) is 0.922. The first-order valence-corrected chi connectivity index (χ1v) is 5.42. The summed E-state index contributed by atoms with van der Waals surface area (Å²) in [6.07, 6.45) is -1.82. The molecule has 0 amide bonds. The van der Waals surface area contributed by atoms with Crippen molar-refractivity contribution >= 4 is 11.3 Å². The van der Waals surface area contributed by atoms with Crippen LogP contribution in [0.5, 0.6) is 0 Å². The van der Waals surface area contributed by atoms with Crippen LogP contribution in [-0.2, 0) is 12.7 Å². The van der Waals surface area contributed by atoms with Crippen LogP contribution in [0.1, 0.15) is 11.5 Å². The predicted octanol–water partition coefficient (Wildman–Crippen LogP) is 0.873. The summed E-state index contributed by atoms with van der Waals surface area (Å²) < 4.78 is 39.0.